The summed E-state index contributed by atoms with van der Waals surface area (Å²) in [6.07, 6.45) is 9.64. The third-order valence-corrected chi connectivity index (χ3v) is 5.31. The van der Waals surface area contributed by atoms with Gasteiger partial charge < -0.3 is 20.4 Å². The van der Waals surface area contributed by atoms with Crippen LogP contribution in [0.15, 0.2) is 27.8 Å². The number of carbonyl (C=O) groups excluding carboxylic acids is 1. The molecule has 3 rings (SSSR count). The molecule has 1 amide bonds. The molecule has 6 nitrogen and oxygen atoms in total. The first-order chi connectivity index (χ1) is 12.7. The molecular formula is C20H33IN4O2. The van der Waals surface area contributed by atoms with Gasteiger partial charge in [-0.2, -0.15) is 0 Å². The van der Waals surface area contributed by atoms with Crippen molar-refractivity contribution in [2.75, 3.05) is 19.6 Å². The summed E-state index contributed by atoms with van der Waals surface area (Å²) >= 11 is 0. The lowest BCUT2D eigenvalue weighted by atomic mass is 9.86. The summed E-state index contributed by atoms with van der Waals surface area (Å²) < 4.78 is 5.38. The van der Waals surface area contributed by atoms with Crippen LogP contribution in [0.25, 0.3) is 0 Å². The van der Waals surface area contributed by atoms with Crippen LogP contribution in [-0.4, -0.2) is 37.5 Å². The largest absolute Gasteiger partial charge is 0.469 e. The number of aliphatic imine (C=N–C) groups is 1. The van der Waals surface area contributed by atoms with Gasteiger partial charge in [-0.1, -0.05) is 19.8 Å². The third-order valence-electron chi connectivity index (χ3n) is 5.31. The number of hydrogen-bond acceptors (Lipinski definition) is 3. The topological polar surface area (TPSA) is 78.7 Å². The van der Waals surface area contributed by atoms with Crippen LogP contribution in [0.5, 0.6) is 0 Å². The number of nitrogens with one attached hydrogen (secondary N) is 3. The number of guanidine groups is 1. The Bertz CT molecular complexity index is 587. The van der Waals surface area contributed by atoms with Crippen LogP contribution in [-0.2, 0) is 11.2 Å². The van der Waals surface area contributed by atoms with Gasteiger partial charge in [-0.05, 0) is 43.7 Å². The number of hydrogen-bond donors (Lipinski definition) is 3. The minimum Gasteiger partial charge on any atom is -0.469 e. The van der Waals surface area contributed by atoms with Crippen molar-refractivity contribution in [3.05, 3.63) is 24.2 Å². The van der Waals surface area contributed by atoms with Crippen LogP contribution in [0.2, 0.25) is 0 Å². The second-order valence-electron chi connectivity index (χ2n) is 7.56. The second-order valence-corrected chi connectivity index (χ2v) is 7.56. The summed E-state index contributed by atoms with van der Waals surface area (Å²) in [6.45, 7) is 4.31. The predicted molar refractivity (Wildman–Crippen MR) is 118 cm³/mol. The predicted octanol–water partition coefficient (Wildman–Crippen LogP) is 3.08. The van der Waals surface area contributed by atoms with Crippen LogP contribution >= 0.6 is 24.0 Å². The molecule has 2 aliphatic carbocycles. The maximum atomic E-state index is 11.7. The van der Waals surface area contributed by atoms with E-state index in [1.165, 1.54) is 25.7 Å². The maximum Gasteiger partial charge on any atom is 0.223 e. The number of carbonyl (C=O) groups is 1. The average Bonchev–Trinajstić information content (AvgIpc) is 3.37. The van der Waals surface area contributed by atoms with Crippen molar-refractivity contribution in [1.82, 2.24) is 16.0 Å². The number of halogens is 1. The molecule has 3 N–H and O–H groups in total. The van der Waals surface area contributed by atoms with Gasteiger partial charge in [0.05, 0.1) is 6.26 Å². The Morgan fingerprint density at radius 1 is 1.19 bits per heavy atom. The summed E-state index contributed by atoms with van der Waals surface area (Å²) in [7, 11) is 0. The van der Waals surface area contributed by atoms with Crippen molar-refractivity contribution >= 4 is 35.8 Å². The van der Waals surface area contributed by atoms with E-state index in [1.807, 2.05) is 12.1 Å². The molecule has 2 fully saturated rings. The molecule has 27 heavy (non-hydrogen) atoms. The smallest absolute Gasteiger partial charge is 0.223 e. The first-order valence-electron chi connectivity index (χ1n) is 10.1. The molecule has 0 spiro atoms. The number of amides is 1. The van der Waals surface area contributed by atoms with E-state index in [0.717, 1.165) is 31.0 Å². The lowest BCUT2D eigenvalue weighted by Crippen LogP contribution is -2.48. The molecule has 1 heterocycles. The van der Waals surface area contributed by atoms with Gasteiger partial charge >= 0.3 is 0 Å². The Kier molecular flexibility index (Phi) is 9.44. The fourth-order valence-corrected chi connectivity index (χ4v) is 3.45. The average molecular weight is 488 g/mol. The van der Waals surface area contributed by atoms with Crippen molar-refractivity contribution in [3.8, 4) is 0 Å². The van der Waals surface area contributed by atoms with E-state index in [9.17, 15) is 4.79 Å². The number of rotatable bonds is 8. The zero-order chi connectivity index (χ0) is 18.2. The molecule has 2 aliphatic rings. The summed E-state index contributed by atoms with van der Waals surface area (Å²) in [5.74, 6) is 2.91. The molecule has 1 aromatic rings. The van der Waals surface area contributed by atoms with Gasteiger partial charge in [-0.25, -0.2) is 0 Å². The van der Waals surface area contributed by atoms with Crippen molar-refractivity contribution in [2.24, 2.45) is 16.8 Å². The normalized spacial score (nSPS) is 22.6. The molecule has 0 aromatic carbocycles. The van der Waals surface area contributed by atoms with E-state index in [4.69, 9.17) is 9.41 Å². The quantitative estimate of drug-likeness (QED) is 0.228. The highest BCUT2D eigenvalue weighted by Crippen LogP contribution is 2.28. The monoisotopic (exact) mass is 488 g/mol. The fourth-order valence-electron chi connectivity index (χ4n) is 3.45. The zero-order valence-electron chi connectivity index (χ0n) is 16.2. The molecule has 1 aromatic heterocycles. The first-order valence-corrected chi connectivity index (χ1v) is 10.1. The van der Waals surface area contributed by atoms with E-state index in [1.54, 1.807) is 6.26 Å². The van der Waals surface area contributed by atoms with E-state index in [0.29, 0.717) is 31.6 Å². The highest BCUT2D eigenvalue weighted by molar-refractivity contribution is 14.0. The molecule has 0 bridgehead atoms. The van der Waals surface area contributed by atoms with Gasteiger partial charge in [0.15, 0.2) is 5.96 Å². The highest BCUT2D eigenvalue weighted by atomic mass is 127. The molecule has 2 unspecified atom stereocenters. The second kappa shape index (κ2) is 11.6. The summed E-state index contributed by atoms with van der Waals surface area (Å²) in [6, 6.07) is 4.36. The first kappa shape index (κ1) is 22.0. The molecule has 152 valence electrons. The van der Waals surface area contributed by atoms with Gasteiger partial charge in [-0.3, -0.25) is 9.79 Å². The van der Waals surface area contributed by atoms with Gasteiger partial charge in [-0.15, -0.1) is 24.0 Å². The minimum atomic E-state index is 0. The Balaban J connectivity index is 0.00000261. The van der Waals surface area contributed by atoms with Crippen LogP contribution in [0, 0.1) is 11.8 Å². The van der Waals surface area contributed by atoms with Gasteiger partial charge in [0, 0.05) is 38.0 Å². The van der Waals surface area contributed by atoms with Gasteiger partial charge in [0.25, 0.3) is 0 Å². The Morgan fingerprint density at radius 3 is 2.67 bits per heavy atom. The lowest BCUT2D eigenvalue weighted by molar-refractivity contribution is -0.122. The molecular weight excluding hydrogens is 455 g/mol. The maximum absolute atomic E-state index is 11.7. The third kappa shape index (κ3) is 7.71. The van der Waals surface area contributed by atoms with E-state index in [2.05, 4.69) is 22.9 Å². The minimum absolute atomic E-state index is 0. The van der Waals surface area contributed by atoms with Crippen LogP contribution in [0.4, 0.5) is 0 Å². The standard InChI is InChI=1S/C20H32N4O2.HI/c1-15-5-2-3-7-18(15)24-20(22-11-10-17-6-4-14-26-17)23-13-12-21-19(25)16-8-9-16;/h4,6,14-16,18H,2-3,5,7-13H2,1H3,(H,21,25)(H2,22,23,24);1H. The SMILES string of the molecule is CC1CCCCC1NC(=NCCc1ccco1)NCCNC(=O)C1CC1.I. The molecule has 0 aliphatic heterocycles. The van der Waals surface area contributed by atoms with Gasteiger partial charge in [0.2, 0.25) is 5.91 Å². The molecule has 7 heteroatoms. The van der Waals surface area contributed by atoms with Crippen molar-refractivity contribution in [2.45, 2.75) is 57.9 Å². The Hall–Kier alpha value is -1.25. The van der Waals surface area contributed by atoms with E-state index in [-0.39, 0.29) is 35.8 Å². The fraction of sp³-hybridized carbons (Fsp3) is 0.700. The van der Waals surface area contributed by atoms with Crippen molar-refractivity contribution < 1.29 is 9.21 Å². The van der Waals surface area contributed by atoms with Gasteiger partial charge in [0.1, 0.15) is 5.76 Å². The highest BCUT2D eigenvalue weighted by Gasteiger charge is 2.29. The summed E-state index contributed by atoms with van der Waals surface area (Å²) in [4.78, 5) is 16.4. The van der Waals surface area contributed by atoms with Crippen molar-refractivity contribution in [3.63, 3.8) is 0 Å². The van der Waals surface area contributed by atoms with Crippen LogP contribution in [0.3, 0.4) is 0 Å². The molecule has 0 saturated heterocycles. The van der Waals surface area contributed by atoms with Crippen LogP contribution in [0.1, 0.15) is 51.2 Å². The Labute approximate surface area is 179 Å². The molecule has 0 radical (unpaired) electrons. The van der Waals surface area contributed by atoms with Crippen molar-refractivity contribution in [1.29, 1.82) is 0 Å². The Morgan fingerprint density at radius 2 is 1.96 bits per heavy atom. The number of furan rings is 1. The zero-order valence-corrected chi connectivity index (χ0v) is 18.5. The number of nitrogens with zero attached hydrogens (tertiary/aromatic N) is 1. The molecule has 2 saturated carbocycles. The van der Waals surface area contributed by atoms with E-state index >= 15 is 0 Å². The summed E-state index contributed by atoms with van der Waals surface area (Å²) in [5, 5.41) is 9.97. The van der Waals surface area contributed by atoms with E-state index < -0.39 is 0 Å². The lowest BCUT2D eigenvalue weighted by Gasteiger charge is -2.31. The molecule has 2 atom stereocenters. The summed E-state index contributed by atoms with van der Waals surface area (Å²) in [5.41, 5.74) is 0. The van der Waals surface area contributed by atoms with Crippen LogP contribution < -0.4 is 16.0 Å².